The molecule has 1 rings (SSSR count). The van der Waals surface area contributed by atoms with Gasteiger partial charge in [0.1, 0.15) is 5.82 Å². The van der Waals surface area contributed by atoms with E-state index in [0.29, 0.717) is 13.1 Å². The maximum Gasteiger partial charge on any atom is 0.239 e. The van der Waals surface area contributed by atoms with Crippen LogP contribution in [0.4, 0.5) is 5.82 Å². The fraction of sp³-hybridized carbons (Fsp3) is 0.538. The molecule has 5 nitrogen and oxygen atoms in total. The number of nitrogens with zero attached hydrogens (tertiary/aromatic N) is 2. The zero-order valence-corrected chi connectivity index (χ0v) is 11.3. The molecule has 0 unspecified atom stereocenters. The van der Waals surface area contributed by atoms with Crippen molar-refractivity contribution in [1.29, 1.82) is 0 Å². The summed E-state index contributed by atoms with van der Waals surface area (Å²) in [6.45, 7) is 7.43. The maximum atomic E-state index is 11.7. The predicted molar refractivity (Wildman–Crippen MR) is 73.3 cm³/mol. The van der Waals surface area contributed by atoms with Gasteiger partial charge >= 0.3 is 0 Å². The SMILES string of the molecule is CCN(CC(=O)NC(C)C)c1ccc(CN)cn1. The number of amides is 1. The van der Waals surface area contributed by atoms with Gasteiger partial charge in [-0.3, -0.25) is 4.79 Å². The number of carbonyl (C=O) groups excluding carboxylic acids is 1. The summed E-state index contributed by atoms with van der Waals surface area (Å²) in [4.78, 5) is 18.0. The van der Waals surface area contributed by atoms with Crippen LogP contribution in [-0.2, 0) is 11.3 Å². The van der Waals surface area contributed by atoms with Gasteiger partial charge in [0.2, 0.25) is 5.91 Å². The number of pyridine rings is 1. The van der Waals surface area contributed by atoms with Crippen molar-refractivity contribution in [2.24, 2.45) is 5.73 Å². The second-order valence-corrected chi connectivity index (χ2v) is 4.47. The highest BCUT2D eigenvalue weighted by molar-refractivity contribution is 5.81. The van der Waals surface area contributed by atoms with Gasteiger partial charge in [-0.25, -0.2) is 4.98 Å². The second kappa shape index (κ2) is 6.96. The first-order chi connectivity index (χ1) is 8.56. The molecule has 18 heavy (non-hydrogen) atoms. The summed E-state index contributed by atoms with van der Waals surface area (Å²) in [5.41, 5.74) is 6.51. The van der Waals surface area contributed by atoms with E-state index in [0.717, 1.165) is 17.9 Å². The Balaban J connectivity index is 2.67. The normalized spacial score (nSPS) is 10.5. The maximum absolute atomic E-state index is 11.7. The molecule has 0 aliphatic carbocycles. The summed E-state index contributed by atoms with van der Waals surface area (Å²) >= 11 is 0. The molecule has 100 valence electrons. The molecule has 0 saturated carbocycles. The van der Waals surface area contributed by atoms with E-state index in [1.165, 1.54) is 0 Å². The van der Waals surface area contributed by atoms with Gasteiger partial charge < -0.3 is 16.0 Å². The Morgan fingerprint density at radius 1 is 1.50 bits per heavy atom. The van der Waals surface area contributed by atoms with Crippen LogP contribution in [0.25, 0.3) is 0 Å². The third-order valence-corrected chi connectivity index (χ3v) is 2.53. The number of anilines is 1. The lowest BCUT2D eigenvalue weighted by molar-refractivity contribution is -0.120. The van der Waals surface area contributed by atoms with Crippen molar-refractivity contribution in [1.82, 2.24) is 10.3 Å². The lowest BCUT2D eigenvalue weighted by Gasteiger charge is -2.22. The molecule has 0 radical (unpaired) electrons. The van der Waals surface area contributed by atoms with Crippen LogP contribution in [-0.4, -0.2) is 30.0 Å². The van der Waals surface area contributed by atoms with Crippen LogP contribution >= 0.6 is 0 Å². The monoisotopic (exact) mass is 250 g/mol. The van der Waals surface area contributed by atoms with Crippen LogP contribution in [0.1, 0.15) is 26.3 Å². The Morgan fingerprint density at radius 3 is 2.67 bits per heavy atom. The van der Waals surface area contributed by atoms with E-state index in [2.05, 4.69) is 10.3 Å². The number of nitrogens with one attached hydrogen (secondary N) is 1. The molecule has 0 aliphatic heterocycles. The Morgan fingerprint density at radius 2 is 2.22 bits per heavy atom. The van der Waals surface area contributed by atoms with Crippen molar-refractivity contribution in [2.75, 3.05) is 18.0 Å². The van der Waals surface area contributed by atoms with Crippen molar-refractivity contribution in [3.63, 3.8) is 0 Å². The van der Waals surface area contributed by atoms with Gasteiger partial charge in [-0.1, -0.05) is 6.07 Å². The minimum atomic E-state index is 0.0107. The standard InChI is InChI=1S/C13H22N4O/c1-4-17(9-13(18)16-10(2)3)12-6-5-11(7-14)8-15-12/h5-6,8,10H,4,7,9,14H2,1-3H3,(H,16,18). The van der Waals surface area contributed by atoms with Crippen molar-refractivity contribution in [3.05, 3.63) is 23.9 Å². The minimum Gasteiger partial charge on any atom is -0.352 e. The number of aromatic nitrogens is 1. The van der Waals surface area contributed by atoms with Crippen molar-refractivity contribution < 1.29 is 4.79 Å². The molecular formula is C13H22N4O. The third-order valence-electron chi connectivity index (χ3n) is 2.53. The van der Waals surface area contributed by atoms with Gasteiger partial charge in [-0.05, 0) is 32.4 Å². The summed E-state index contributed by atoms with van der Waals surface area (Å²) in [5.74, 6) is 0.810. The lowest BCUT2D eigenvalue weighted by Crippen LogP contribution is -2.40. The highest BCUT2D eigenvalue weighted by atomic mass is 16.2. The van der Waals surface area contributed by atoms with E-state index in [4.69, 9.17) is 5.73 Å². The van der Waals surface area contributed by atoms with Crippen molar-refractivity contribution in [2.45, 2.75) is 33.4 Å². The summed E-state index contributed by atoms with van der Waals surface area (Å²) in [6, 6.07) is 3.99. The van der Waals surface area contributed by atoms with Crippen LogP contribution in [0.5, 0.6) is 0 Å². The third kappa shape index (κ3) is 4.33. The molecule has 1 aromatic rings. The largest absolute Gasteiger partial charge is 0.352 e. The Kier molecular flexibility index (Phi) is 5.58. The van der Waals surface area contributed by atoms with Gasteiger partial charge in [0.05, 0.1) is 6.54 Å². The Labute approximate surface area is 108 Å². The fourth-order valence-electron chi connectivity index (χ4n) is 1.62. The van der Waals surface area contributed by atoms with E-state index in [9.17, 15) is 4.79 Å². The average molecular weight is 250 g/mol. The molecular weight excluding hydrogens is 228 g/mol. The molecule has 0 fully saturated rings. The molecule has 0 aliphatic rings. The zero-order chi connectivity index (χ0) is 13.5. The molecule has 3 N–H and O–H groups in total. The number of nitrogens with two attached hydrogens (primary N) is 1. The first kappa shape index (κ1) is 14.4. The number of carbonyl (C=O) groups is 1. The highest BCUT2D eigenvalue weighted by Crippen LogP contribution is 2.10. The number of rotatable bonds is 6. The van der Waals surface area contributed by atoms with Crippen LogP contribution < -0.4 is 16.0 Å². The smallest absolute Gasteiger partial charge is 0.239 e. The van der Waals surface area contributed by atoms with Gasteiger partial charge in [0.15, 0.2) is 0 Å². The number of hydrogen-bond acceptors (Lipinski definition) is 4. The molecule has 0 saturated heterocycles. The zero-order valence-electron chi connectivity index (χ0n) is 11.3. The quantitative estimate of drug-likeness (QED) is 0.786. The van der Waals surface area contributed by atoms with E-state index in [1.807, 2.05) is 37.8 Å². The van der Waals surface area contributed by atoms with E-state index < -0.39 is 0 Å². The van der Waals surface area contributed by atoms with E-state index >= 15 is 0 Å². The van der Waals surface area contributed by atoms with Gasteiger partial charge in [-0.2, -0.15) is 0 Å². The molecule has 0 atom stereocenters. The molecule has 5 heteroatoms. The van der Waals surface area contributed by atoms with Crippen LogP contribution in [0.3, 0.4) is 0 Å². The van der Waals surface area contributed by atoms with Crippen LogP contribution in [0.15, 0.2) is 18.3 Å². The molecule has 0 bridgehead atoms. The molecule has 1 amide bonds. The van der Waals surface area contributed by atoms with Gasteiger partial charge in [0.25, 0.3) is 0 Å². The summed E-state index contributed by atoms with van der Waals surface area (Å²) < 4.78 is 0. The first-order valence-corrected chi connectivity index (χ1v) is 6.26. The minimum absolute atomic E-state index is 0.0107. The predicted octanol–water partition coefficient (Wildman–Crippen LogP) is 0.891. The lowest BCUT2D eigenvalue weighted by atomic mass is 10.3. The van der Waals surface area contributed by atoms with Gasteiger partial charge in [-0.15, -0.1) is 0 Å². The highest BCUT2D eigenvalue weighted by Gasteiger charge is 2.11. The first-order valence-electron chi connectivity index (χ1n) is 6.26. The topological polar surface area (TPSA) is 71.2 Å². The molecule has 0 aromatic carbocycles. The average Bonchev–Trinajstić information content (AvgIpc) is 2.35. The van der Waals surface area contributed by atoms with E-state index in [1.54, 1.807) is 6.20 Å². The number of hydrogen-bond donors (Lipinski definition) is 2. The van der Waals surface area contributed by atoms with Crippen LogP contribution in [0.2, 0.25) is 0 Å². The Hall–Kier alpha value is -1.62. The van der Waals surface area contributed by atoms with Crippen molar-refractivity contribution in [3.8, 4) is 0 Å². The Bertz CT molecular complexity index is 375. The summed E-state index contributed by atoms with van der Waals surface area (Å²) in [6.07, 6.45) is 1.75. The van der Waals surface area contributed by atoms with E-state index in [-0.39, 0.29) is 11.9 Å². The summed E-state index contributed by atoms with van der Waals surface area (Å²) in [7, 11) is 0. The molecule has 1 heterocycles. The summed E-state index contributed by atoms with van der Waals surface area (Å²) in [5, 5.41) is 2.87. The number of likely N-dealkylation sites (N-methyl/N-ethyl adjacent to an activating group) is 1. The van der Waals surface area contributed by atoms with Crippen LogP contribution in [0, 0.1) is 0 Å². The fourth-order valence-corrected chi connectivity index (χ4v) is 1.62. The van der Waals surface area contributed by atoms with Crippen molar-refractivity contribution >= 4 is 11.7 Å². The molecule has 1 aromatic heterocycles. The molecule has 0 spiro atoms. The second-order valence-electron chi connectivity index (χ2n) is 4.47. The van der Waals surface area contributed by atoms with Gasteiger partial charge in [0, 0.05) is 25.3 Å².